The zero-order chi connectivity index (χ0) is 15.3. The van der Waals surface area contributed by atoms with Gasteiger partial charge in [-0.05, 0) is 39.9 Å². The summed E-state index contributed by atoms with van der Waals surface area (Å²) in [5.74, 6) is -2.43. The molecule has 0 aromatic rings. The molecular weight excluding hydrogens is 275 g/mol. The van der Waals surface area contributed by atoms with E-state index in [1.807, 2.05) is 19.0 Å². The van der Waals surface area contributed by atoms with Crippen molar-refractivity contribution in [2.45, 2.75) is 31.5 Å². The Kier molecular flexibility index (Phi) is 5.79. The number of halogens is 3. The first-order valence-electron chi connectivity index (χ1n) is 6.53. The second-order valence-electron chi connectivity index (χ2n) is 5.10. The fraction of sp³-hybridized carbons (Fsp3) is 0.833. The fourth-order valence-corrected chi connectivity index (χ4v) is 2.17. The maximum atomic E-state index is 12.4. The van der Waals surface area contributed by atoms with Gasteiger partial charge in [-0.15, -0.1) is 0 Å². The fourth-order valence-electron chi connectivity index (χ4n) is 2.17. The van der Waals surface area contributed by atoms with Gasteiger partial charge in [-0.3, -0.25) is 9.59 Å². The Bertz CT molecular complexity index is 358. The molecule has 0 radical (unpaired) electrons. The van der Waals surface area contributed by atoms with Gasteiger partial charge in [0.25, 0.3) is 0 Å². The van der Waals surface area contributed by atoms with Crippen LogP contribution in [0.5, 0.6) is 0 Å². The third kappa shape index (κ3) is 4.66. The van der Waals surface area contributed by atoms with Crippen LogP contribution in [0.2, 0.25) is 0 Å². The van der Waals surface area contributed by atoms with Crippen molar-refractivity contribution in [1.82, 2.24) is 15.1 Å². The Morgan fingerprint density at radius 3 is 2.55 bits per heavy atom. The molecule has 2 amide bonds. The maximum Gasteiger partial charge on any atom is 0.471 e. The third-order valence-electron chi connectivity index (χ3n) is 3.14. The van der Waals surface area contributed by atoms with Gasteiger partial charge in [0.2, 0.25) is 5.91 Å². The maximum absolute atomic E-state index is 12.4. The van der Waals surface area contributed by atoms with Gasteiger partial charge in [0.15, 0.2) is 0 Å². The summed E-state index contributed by atoms with van der Waals surface area (Å²) in [6, 6.07) is -0.997. The smallest absolute Gasteiger partial charge is 0.354 e. The molecule has 1 aliphatic rings. The molecule has 5 nitrogen and oxygen atoms in total. The number of nitrogens with zero attached hydrogens (tertiary/aromatic N) is 2. The highest BCUT2D eigenvalue weighted by atomic mass is 19.4. The highest BCUT2D eigenvalue weighted by molar-refractivity contribution is 5.90. The first kappa shape index (κ1) is 16.7. The van der Waals surface area contributed by atoms with Gasteiger partial charge < -0.3 is 15.1 Å². The lowest BCUT2D eigenvalue weighted by Gasteiger charge is -2.24. The van der Waals surface area contributed by atoms with E-state index in [-0.39, 0.29) is 13.0 Å². The summed E-state index contributed by atoms with van der Waals surface area (Å²) in [6.45, 7) is 1.14. The van der Waals surface area contributed by atoms with E-state index < -0.39 is 24.0 Å². The molecule has 20 heavy (non-hydrogen) atoms. The molecule has 1 aliphatic heterocycles. The molecule has 1 fully saturated rings. The zero-order valence-corrected chi connectivity index (χ0v) is 11.7. The molecule has 0 spiro atoms. The summed E-state index contributed by atoms with van der Waals surface area (Å²) in [5.41, 5.74) is 0. The number of rotatable bonds is 5. The summed E-state index contributed by atoms with van der Waals surface area (Å²) in [4.78, 5) is 25.6. The third-order valence-corrected chi connectivity index (χ3v) is 3.14. The minimum Gasteiger partial charge on any atom is -0.354 e. The van der Waals surface area contributed by atoms with Crippen molar-refractivity contribution >= 4 is 11.8 Å². The monoisotopic (exact) mass is 295 g/mol. The van der Waals surface area contributed by atoms with E-state index in [2.05, 4.69) is 5.32 Å². The van der Waals surface area contributed by atoms with E-state index in [4.69, 9.17) is 0 Å². The molecule has 8 heteroatoms. The van der Waals surface area contributed by atoms with Crippen molar-refractivity contribution < 1.29 is 22.8 Å². The normalized spacial score (nSPS) is 19.5. The molecule has 0 aliphatic carbocycles. The van der Waals surface area contributed by atoms with E-state index in [9.17, 15) is 22.8 Å². The van der Waals surface area contributed by atoms with Crippen LogP contribution in [-0.4, -0.2) is 67.6 Å². The van der Waals surface area contributed by atoms with Crippen LogP contribution in [-0.2, 0) is 9.59 Å². The molecule has 116 valence electrons. The average Bonchev–Trinajstić information content (AvgIpc) is 2.80. The zero-order valence-electron chi connectivity index (χ0n) is 11.7. The predicted octanol–water partition coefficient (Wildman–Crippen LogP) is 0.608. The minimum absolute atomic E-state index is 0.0197. The predicted molar refractivity (Wildman–Crippen MR) is 67.0 cm³/mol. The van der Waals surface area contributed by atoms with Crippen molar-refractivity contribution in [3.63, 3.8) is 0 Å². The number of hydrogen-bond acceptors (Lipinski definition) is 3. The van der Waals surface area contributed by atoms with E-state index in [1.165, 1.54) is 0 Å². The molecule has 1 unspecified atom stereocenters. The molecular formula is C12H20F3N3O2. The molecule has 1 rings (SSSR count). The Labute approximate surface area is 116 Å². The highest BCUT2D eigenvalue weighted by Gasteiger charge is 2.47. The number of likely N-dealkylation sites (tertiary alicyclic amines) is 1. The molecule has 0 saturated carbocycles. The van der Waals surface area contributed by atoms with E-state index in [0.29, 0.717) is 24.3 Å². The van der Waals surface area contributed by atoms with Gasteiger partial charge in [0, 0.05) is 13.1 Å². The Hall–Kier alpha value is -1.31. The molecule has 1 heterocycles. The quantitative estimate of drug-likeness (QED) is 0.756. The minimum atomic E-state index is -4.92. The van der Waals surface area contributed by atoms with Gasteiger partial charge in [0.05, 0.1) is 0 Å². The van der Waals surface area contributed by atoms with E-state index >= 15 is 0 Å². The molecule has 1 saturated heterocycles. The van der Waals surface area contributed by atoms with Crippen LogP contribution in [0.25, 0.3) is 0 Å². The summed E-state index contributed by atoms with van der Waals surface area (Å²) >= 11 is 0. The number of hydrogen-bond donors (Lipinski definition) is 1. The van der Waals surface area contributed by atoms with Crippen LogP contribution in [0, 0.1) is 0 Å². The van der Waals surface area contributed by atoms with Crippen LogP contribution < -0.4 is 5.32 Å². The van der Waals surface area contributed by atoms with Crippen LogP contribution in [0.1, 0.15) is 19.3 Å². The standard InChI is InChI=1S/C12H20F3N3O2/c1-17(2)7-4-6-16-10(19)9-5-3-8-18(9)11(20)12(13,14)15/h9H,3-8H2,1-2H3,(H,16,19). The lowest BCUT2D eigenvalue weighted by atomic mass is 10.2. The second kappa shape index (κ2) is 6.92. The SMILES string of the molecule is CN(C)CCCNC(=O)C1CCCN1C(=O)C(F)(F)F. The lowest BCUT2D eigenvalue weighted by Crippen LogP contribution is -2.50. The number of carbonyl (C=O) groups is 2. The van der Waals surface area contributed by atoms with Crippen molar-refractivity contribution in [3.05, 3.63) is 0 Å². The molecule has 1 N–H and O–H groups in total. The van der Waals surface area contributed by atoms with Crippen molar-refractivity contribution in [2.75, 3.05) is 33.7 Å². The Morgan fingerprint density at radius 1 is 1.35 bits per heavy atom. The first-order chi connectivity index (χ1) is 9.23. The number of nitrogens with one attached hydrogen (secondary N) is 1. The molecule has 0 bridgehead atoms. The topological polar surface area (TPSA) is 52.7 Å². The van der Waals surface area contributed by atoms with E-state index in [1.54, 1.807) is 0 Å². The van der Waals surface area contributed by atoms with Crippen LogP contribution in [0.15, 0.2) is 0 Å². The first-order valence-corrected chi connectivity index (χ1v) is 6.53. The average molecular weight is 295 g/mol. The van der Waals surface area contributed by atoms with Crippen molar-refractivity contribution in [1.29, 1.82) is 0 Å². The number of alkyl halides is 3. The van der Waals surface area contributed by atoms with Gasteiger partial charge >= 0.3 is 12.1 Å². The van der Waals surface area contributed by atoms with Crippen LogP contribution in [0.3, 0.4) is 0 Å². The van der Waals surface area contributed by atoms with Crippen LogP contribution in [0.4, 0.5) is 13.2 Å². The Balaban J connectivity index is 2.48. The summed E-state index contributed by atoms with van der Waals surface area (Å²) in [5, 5.41) is 2.59. The second-order valence-corrected chi connectivity index (χ2v) is 5.10. The summed E-state index contributed by atoms with van der Waals surface area (Å²) < 4.78 is 37.2. The molecule has 0 aromatic heterocycles. The Morgan fingerprint density at radius 2 is 2.00 bits per heavy atom. The molecule has 1 atom stereocenters. The van der Waals surface area contributed by atoms with Gasteiger partial charge in [-0.1, -0.05) is 0 Å². The summed E-state index contributed by atoms with van der Waals surface area (Å²) in [6.07, 6.45) is -3.52. The summed E-state index contributed by atoms with van der Waals surface area (Å²) in [7, 11) is 3.78. The largest absolute Gasteiger partial charge is 0.471 e. The van der Waals surface area contributed by atoms with Gasteiger partial charge in [0.1, 0.15) is 6.04 Å². The number of carbonyl (C=O) groups excluding carboxylic acids is 2. The van der Waals surface area contributed by atoms with Gasteiger partial charge in [-0.25, -0.2) is 0 Å². The van der Waals surface area contributed by atoms with Crippen LogP contribution >= 0.6 is 0 Å². The van der Waals surface area contributed by atoms with Gasteiger partial charge in [-0.2, -0.15) is 13.2 Å². The van der Waals surface area contributed by atoms with Crippen molar-refractivity contribution in [2.24, 2.45) is 0 Å². The van der Waals surface area contributed by atoms with E-state index in [0.717, 1.165) is 6.54 Å². The number of amides is 2. The molecule has 0 aromatic carbocycles. The van der Waals surface area contributed by atoms with Crippen molar-refractivity contribution in [3.8, 4) is 0 Å². The lowest BCUT2D eigenvalue weighted by molar-refractivity contribution is -0.186. The highest BCUT2D eigenvalue weighted by Crippen LogP contribution is 2.25.